The number of rotatable bonds is 2. The van der Waals surface area contributed by atoms with Crippen LogP contribution < -0.4 is 10.1 Å². The first-order chi connectivity index (χ1) is 9.33. The maximum atomic E-state index is 6.19. The predicted octanol–water partition coefficient (Wildman–Crippen LogP) is 2.00. The Morgan fingerprint density at radius 3 is 3.16 bits per heavy atom. The van der Waals surface area contributed by atoms with Gasteiger partial charge in [0.2, 0.25) is 0 Å². The van der Waals surface area contributed by atoms with E-state index in [4.69, 9.17) is 21.1 Å². The molecule has 2 aliphatic heterocycles. The predicted molar refractivity (Wildman–Crippen MR) is 74.5 cm³/mol. The Labute approximate surface area is 118 Å². The van der Waals surface area contributed by atoms with E-state index in [9.17, 15) is 0 Å². The molecule has 19 heavy (non-hydrogen) atoms. The first-order valence-electron chi connectivity index (χ1n) is 6.78. The van der Waals surface area contributed by atoms with Crippen LogP contribution in [-0.2, 0) is 17.9 Å². The number of hydrogen-bond acceptors (Lipinski definition) is 4. The molecule has 0 aliphatic carbocycles. The SMILES string of the molecule is Clc1cc2c(c(CN3CCCNCC3)c1)OCOC2. The molecule has 4 nitrogen and oxygen atoms in total. The van der Waals surface area contributed by atoms with E-state index in [1.165, 1.54) is 12.0 Å². The van der Waals surface area contributed by atoms with Gasteiger partial charge in [-0.1, -0.05) is 11.6 Å². The lowest BCUT2D eigenvalue weighted by molar-refractivity contribution is -0.0174. The van der Waals surface area contributed by atoms with Gasteiger partial charge in [-0.25, -0.2) is 0 Å². The van der Waals surface area contributed by atoms with Crippen molar-refractivity contribution in [2.24, 2.45) is 0 Å². The number of benzene rings is 1. The summed E-state index contributed by atoms with van der Waals surface area (Å²) in [6.45, 7) is 6.15. The Morgan fingerprint density at radius 2 is 2.21 bits per heavy atom. The average Bonchev–Trinajstić information content (AvgIpc) is 2.67. The molecule has 1 aromatic carbocycles. The van der Waals surface area contributed by atoms with Crippen LogP contribution in [0.25, 0.3) is 0 Å². The molecule has 1 N–H and O–H groups in total. The van der Waals surface area contributed by atoms with Crippen LogP contribution in [0.2, 0.25) is 5.02 Å². The Balaban J connectivity index is 1.81. The van der Waals surface area contributed by atoms with Crippen molar-refractivity contribution in [3.05, 3.63) is 28.3 Å². The summed E-state index contributed by atoms with van der Waals surface area (Å²) < 4.78 is 11.0. The van der Waals surface area contributed by atoms with Gasteiger partial charge in [-0.15, -0.1) is 0 Å². The van der Waals surface area contributed by atoms with Crippen molar-refractivity contribution in [1.82, 2.24) is 10.2 Å². The zero-order valence-electron chi connectivity index (χ0n) is 11.0. The lowest BCUT2D eigenvalue weighted by Crippen LogP contribution is -2.28. The Morgan fingerprint density at radius 1 is 1.26 bits per heavy atom. The van der Waals surface area contributed by atoms with Crippen molar-refractivity contribution in [2.45, 2.75) is 19.6 Å². The quantitative estimate of drug-likeness (QED) is 0.900. The molecule has 2 aliphatic rings. The number of fused-ring (bicyclic) bond motifs is 1. The first-order valence-corrected chi connectivity index (χ1v) is 7.15. The van der Waals surface area contributed by atoms with Crippen LogP contribution in [0.3, 0.4) is 0 Å². The molecule has 2 heterocycles. The molecular formula is C14H19ClN2O2. The summed E-state index contributed by atoms with van der Waals surface area (Å²) >= 11 is 6.19. The van der Waals surface area contributed by atoms with E-state index in [1.54, 1.807) is 0 Å². The van der Waals surface area contributed by atoms with Crippen molar-refractivity contribution < 1.29 is 9.47 Å². The average molecular weight is 283 g/mol. The number of ether oxygens (including phenoxy) is 2. The lowest BCUT2D eigenvalue weighted by atomic mass is 10.1. The third kappa shape index (κ3) is 3.20. The summed E-state index contributed by atoms with van der Waals surface area (Å²) in [6.07, 6.45) is 1.19. The standard InChI is InChI=1S/C14H19ClN2O2/c15-13-6-11(8-17-4-1-2-16-3-5-17)14-12(7-13)9-18-10-19-14/h6-7,16H,1-5,8-10H2. The van der Waals surface area contributed by atoms with Gasteiger partial charge in [0.25, 0.3) is 0 Å². The largest absolute Gasteiger partial charge is 0.467 e. The number of halogens is 1. The molecule has 3 rings (SSSR count). The second-order valence-electron chi connectivity index (χ2n) is 5.04. The summed E-state index contributed by atoms with van der Waals surface area (Å²) in [6, 6.07) is 3.95. The molecule has 0 atom stereocenters. The van der Waals surface area contributed by atoms with Crippen molar-refractivity contribution in [1.29, 1.82) is 0 Å². The van der Waals surface area contributed by atoms with Crippen LogP contribution in [0.15, 0.2) is 12.1 Å². The number of nitrogens with zero attached hydrogens (tertiary/aromatic N) is 1. The highest BCUT2D eigenvalue weighted by Crippen LogP contribution is 2.32. The van der Waals surface area contributed by atoms with E-state index in [0.29, 0.717) is 13.4 Å². The smallest absolute Gasteiger partial charge is 0.189 e. The van der Waals surface area contributed by atoms with Crippen molar-refractivity contribution >= 4 is 11.6 Å². The molecule has 0 spiro atoms. The molecule has 1 saturated heterocycles. The van der Waals surface area contributed by atoms with Crippen LogP contribution in [0.5, 0.6) is 5.75 Å². The summed E-state index contributed by atoms with van der Waals surface area (Å²) in [5.74, 6) is 0.966. The molecule has 104 valence electrons. The van der Waals surface area contributed by atoms with Gasteiger partial charge in [0, 0.05) is 35.8 Å². The van der Waals surface area contributed by atoms with Gasteiger partial charge in [0.15, 0.2) is 6.79 Å². The monoisotopic (exact) mass is 282 g/mol. The fourth-order valence-electron chi connectivity index (χ4n) is 2.67. The molecule has 0 saturated carbocycles. The number of hydrogen-bond donors (Lipinski definition) is 1. The van der Waals surface area contributed by atoms with Crippen LogP contribution in [0.4, 0.5) is 0 Å². The van der Waals surface area contributed by atoms with E-state index in [-0.39, 0.29) is 0 Å². The van der Waals surface area contributed by atoms with E-state index in [1.807, 2.05) is 12.1 Å². The highest BCUT2D eigenvalue weighted by atomic mass is 35.5. The van der Waals surface area contributed by atoms with Gasteiger partial charge >= 0.3 is 0 Å². The minimum atomic E-state index is 0.336. The highest BCUT2D eigenvalue weighted by molar-refractivity contribution is 6.30. The van der Waals surface area contributed by atoms with E-state index < -0.39 is 0 Å². The van der Waals surface area contributed by atoms with E-state index in [0.717, 1.165) is 49.1 Å². The van der Waals surface area contributed by atoms with Crippen LogP contribution in [0, 0.1) is 0 Å². The number of nitrogens with one attached hydrogen (secondary N) is 1. The van der Waals surface area contributed by atoms with Crippen molar-refractivity contribution in [3.8, 4) is 5.75 Å². The van der Waals surface area contributed by atoms with Crippen LogP contribution in [0.1, 0.15) is 17.5 Å². The Kier molecular flexibility index (Phi) is 4.23. The molecule has 1 aromatic rings. The van der Waals surface area contributed by atoms with E-state index in [2.05, 4.69) is 10.2 Å². The Bertz CT molecular complexity index is 445. The Hall–Kier alpha value is -0.810. The summed E-state index contributed by atoms with van der Waals surface area (Å²) in [7, 11) is 0. The molecule has 0 amide bonds. The minimum absolute atomic E-state index is 0.336. The molecule has 1 fully saturated rings. The molecule has 0 radical (unpaired) electrons. The summed E-state index contributed by atoms with van der Waals surface area (Å²) in [5, 5.41) is 4.18. The van der Waals surface area contributed by atoms with Gasteiger partial charge < -0.3 is 14.8 Å². The zero-order valence-corrected chi connectivity index (χ0v) is 11.7. The van der Waals surface area contributed by atoms with Crippen molar-refractivity contribution in [2.75, 3.05) is 33.0 Å². The fraction of sp³-hybridized carbons (Fsp3) is 0.571. The van der Waals surface area contributed by atoms with Crippen LogP contribution in [-0.4, -0.2) is 37.9 Å². The topological polar surface area (TPSA) is 33.7 Å². The summed E-state index contributed by atoms with van der Waals surface area (Å²) in [4.78, 5) is 2.45. The molecule has 5 heteroatoms. The minimum Gasteiger partial charge on any atom is -0.467 e. The normalized spacial score (nSPS) is 20.5. The first kappa shape index (κ1) is 13.2. The maximum absolute atomic E-state index is 6.19. The van der Waals surface area contributed by atoms with Crippen LogP contribution >= 0.6 is 11.6 Å². The molecule has 0 aromatic heterocycles. The van der Waals surface area contributed by atoms with Gasteiger partial charge in [-0.2, -0.15) is 0 Å². The summed E-state index contributed by atoms with van der Waals surface area (Å²) in [5.41, 5.74) is 2.23. The van der Waals surface area contributed by atoms with E-state index >= 15 is 0 Å². The second-order valence-corrected chi connectivity index (χ2v) is 5.48. The second kappa shape index (κ2) is 6.09. The zero-order chi connectivity index (χ0) is 13.1. The van der Waals surface area contributed by atoms with Gasteiger partial charge in [0.05, 0.1) is 6.61 Å². The van der Waals surface area contributed by atoms with Gasteiger partial charge in [-0.05, 0) is 31.6 Å². The lowest BCUT2D eigenvalue weighted by Gasteiger charge is -2.25. The molecule has 0 unspecified atom stereocenters. The highest BCUT2D eigenvalue weighted by Gasteiger charge is 2.18. The third-order valence-electron chi connectivity index (χ3n) is 3.58. The van der Waals surface area contributed by atoms with Gasteiger partial charge in [0.1, 0.15) is 5.75 Å². The molecular weight excluding hydrogens is 264 g/mol. The fourth-order valence-corrected chi connectivity index (χ4v) is 2.94. The van der Waals surface area contributed by atoms with Crippen molar-refractivity contribution in [3.63, 3.8) is 0 Å². The van der Waals surface area contributed by atoms with Gasteiger partial charge in [-0.3, -0.25) is 4.90 Å². The maximum Gasteiger partial charge on any atom is 0.189 e. The third-order valence-corrected chi connectivity index (χ3v) is 3.80. The molecule has 0 bridgehead atoms.